The molecule has 2 heterocycles. The molecule has 0 spiro atoms. The van der Waals surface area contributed by atoms with Gasteiger partial charge in [0.05, 0.1) is 0 Å². The summed E-state index contributed by atoms with van der Waals surface area (Å²) in [4.78, 5) is 52.0. The van der Waals surface area contributed by atoms with Gasteiger partial charge in [0.15, 0.2) is 0 Å². The molecule has 0 aromatic heterocycles. The Morgan fingerprint density at radius 3 is 2.54 bits per heavy atom. The number of hydrogen-bond donors (Lipinski definition) is 0. The monoisotopic (exact) mass is 358 g/mol. The average molecular weight is 358 g/mol. The van der Waals surface area contributed by atoms with Crippen molar-refractivity contribution >= 4 is 23.7 Å². The molecule has 2 aliphatic rings. The van der Waals surface area contributed by atoms with Gasteiger partial charge in [-0.15, -0.1) is 0 Å². The highest BCUT2D eigenvalue weighted by Gasteiger charge is 2.43. The third-order valence-corrected chi connectivity index (χ3v) is 4.42. The first-order valence-corrected chi connectivity index (χ1v) is 8.62. The third kappa shape index (κ3) is 3.47. The van der Waals surface area contributed by atoms with Crippen LogP contribution in [0.3, 0.4) is 0 Å². The molecule has 7 nitrogen and oxygen atoms in total. The van der Waals surface area contributed by atoms with Gasteiger partial charge in [0, 0.05) is 18.5 Å². The highest BCUT2D eigenvalue weighted by molar-refractivity contribution is 6.06. The zero-order valence-corrected chi connectivity index (χ0v) is 15.2. The second-order valence-electron chi connectivity index (χ2n) is 7.55. The lowest BCUT2D eigenvalue weighted by atomic mass is 10.0. The van der Waals surface area contributed by atoms with Crippen molar-refractivity contribution in [3.63, 3.8) is 0 Å². The number of imide groups is 1. The van der Waals surface area contributed by atoms with Gasteiger partial charge in [0.1, 0.15) is 18.2 Å². The van der Waals surface area contributed by atoms with Crippen LogP contribution >= 0.6 is 0 Å². The minimum atomic E-state index is -0.741. The van der Waals surface area contributed by atoms with Crippen molar-refractivity contribution in [1.29, 1.82) is 0 Å². The number of hydrogen-bond acceptors (Lipinski definition) is 5. The second-order valence-corrected chi connectivity index (χ2v) is 7.55. The maximum absolute atomic E-state index is 12.8. The zero-order valence-electron chi connectivity index (χ0n) is 15.2. The first-order valence-electron chi connectivity index (χ1n) is 8.62. The molecule has 0 saturated carbocycles. The van der Waals surface area contributed by atoms with Gasteiger partial charge in [-0.05, 0) is 38.8 Å². The maximum atomic E-state index is 12.8. The lowest BCUT2D eigenvalue weighted by molar-refractivity contribution is -0.165. The Bertz CT molecular complexity index is 780. The number of ether oxygens (including phenoxy) is 1. The van der Waals surface area contributed by atoms with E-state index in [1.54, 1.807) is 32.9 Å². The lowest BCUT2D eigenvalue weighted by Gasteiger charge is -2.35. The van der Waals surface area contributed by atoms with E-state index in [2.05, 4.69) is 0 Å². The van der Waals surface area contributed by atoms with Crippen LogP contribution in [0.2, 0.25) is 0 Å². The molecule has 3 rings (SSSR count). The predicted octanol–water partition coefficient (Wildman–Crippen LogP) is 1.50. The van der Waals surface area contributed by atoms with Crippen molar-refractivity contribution < 1.29 is 23.9 Å². The molecule has 1 unspecified atom stereocenters. The Kier molecular flexibility index (Phi) is 4.56. The van der Waals surface area contributed by atoms with Crippen LogP contribution in [0.4, 0.5) is 0 Å². The molecule has 1 saturated heterocycles. The largest absolute Gasteiger partial charge is 0.459 e. The Balaban J connectivity index is 1.75. The van der Waals surface area contributed by atoms with Crippen LogP contribution in [0.5, 0.6) is 0 Å². The highest BCUT2D eigenvalue weighted by Crippen LogP contribution is 2.28. The third-order valence-electron chi connectivity index (χ3n) is 4.42. The van der Waals surface area contributed by atoms with Gasteiger partial charge >= 0.3 is 5.97 Å². The molecular weight excluding hydrogens is 336 g/mol. The molecule has 3 amide bonds. The summed E-state index contributed by atoms with van der Waals surface area (Å²) in [7, 11) is 0. The van der Waals surface area contributed by atoms with E-state index in [1.807, 2.05) is 12.1 Å². The normalized spacial score (nSPS) is 20.4. The zero-order chi connectivity index (χ0) is 19.1. The number of amides is 3. The van der Waals surface area contributed by atoms with Crippen LogP contribution in [0, 0.1) is 0 Å². The molecule has 0 bridgehead atoms. The van der Waals surface area contributed by atoms with Crippen molar-refractivity contribution in [3.8, 4) is 0 Å². The van der Waals surface area contributed by atoms with Gasteiger partial charge in [0.2, 0.25) is 5.91 Å². The Hall–Kier alpha value is -2.70. The standard InChI is InChI=1S/C19H22N2O5/c1-19(2,3)26-16(23)11-21-15(22)9-8-14(18(21)25)20-10-12-6-4-5-7-13(12)17(20)24/h4-7,14H,8-11H2,1-3H3. The van der Waals surface area contributed by atoms with E-state index in [9.17, 15) is 19.2 Å². The number of nitrogens with zero attached hydrogens (tertiary/aromatic N) is 2. The smallest absolute Gasteiger partial charge is 0.326 e. The Morgan fingerprint density at radius 2 is 1.88 bits per heavy atom. The summed E-state index contributed by atoms with van der Waals surface area (Å²) < 4.78 is 5.20. The van der Waals surface area contributed by atoms with Crippen LogP contribution in [-0.2, 0) is 25.7 Å². The molecule has 1 aromatic carbocycles. The van der Waals surface area contributed by atoms with Crippen molar-refractivity contribution in [2.45, 2.75) is 51.8 Å². The fourth-order valence-corrected chi connectivity index (χ4v) is 3.31. The van der Waals surface area contributed by atoms with Gasteiger partial charge in [-0.2, -0.15) is 0 Å². The number of piperidine rings is 1. The van der Waals surface area contributed by atoms with E-state index in [-0.39, 0.29) is 18.7 Å². The number of carbonyl (C=O) groups is 4. The maximum Gasteiger partial charge on any atom is 0.326 e. The molecule has 7 heteroatoms. The van der Waals surface area contributed by atoms with Crippen LogP contribution in [0.1, 0.15) is 49.5 Å². The van der Waals surface area contributed by atoms with Crippen LogP contribution in [0.25, 0.3) is 0 Å². The molecule has 0 N–H and O–H groups in total. The number of fused-ring (bicyclic) bond motifs is 1. The fourth-order valence-electron chi connectivity index (χ4n) is 3.31. The summed E-state index contributed by atoms with van der Waals surface area (Å²) in [6.07, 6.45) is 0.377. The van der Waals surface area contributed by atoms with E-state index < -0.39 is 36.0 Å². The number of esters is 1. The topological polar surface area (TPSA) is 84.0 Å². The minimum Gasteiger partial charge on any atom is -0.459 e. The lowest BCUT2D eigenvalue weighted by Crippen LogP contribution is -2.56. The number of rotatable bonds is 3. The van der Waals surface area contributed by atoms with Crippen molar-refractivity contribution in [3.05, 3.63) is 35.4 Å². The number of likely N-dealkylation sites (tertiary alicyclic amines) is 1. The summed E-state index contributed by atoms with van der Waals surface area (Å²) >= 11 is 0. The average Bonchev–Trinajstić information content (AvgIpc) is 2.87. The van der Waals surface area contributed by atoms with E-state index in [4.69, 9.17) is 4.74 Å². The number of carbonyl (C=O) groups excluding carboxylic acids is 4. The first kappa shape index (κ1) is 18.1. The summed E-state index contributed by atoms with van der Waals surface area (Å²) in [6, 6.07) is 6.46. The minimum absolute atomic E-state index is 0.110. The van der Waals surface area contributed by atoms with E-state index in [0.717, 1.165) is 10.5 Å². The van der Waals surface area contributed by atoms with Gasteiger partial charge in [-0.3, -0.25) is 24.1 Å². The SMILES string of the molecule is CC(C)(C)OC(=O)CN1C(=O)CCC(N2Cc3ccccc3C2=O)C1=O. The highest BCUT2D eigenvalue weighted by atomic mass is 16.6. The van der Waals surface area contributed by atoms with Gasteiger partial charge < -0.3 is 9.64 Å². The molecule has 138 valence electrons. The number of benzene rings is 1. The van der Waals surface area contributed by atoms with Crippen molar-refractivity contribution in [2.75, 3.05) is 6.54 Å². The molecule has 1 fully saturated rings. The van der Waals surface area contributed by atoms with Crippen LogP contribution in [0.15, 0.2) is 24.3 Å². The second kappa shape index (κ2) is 6.55. The van der Waals surface area contributed by atoms with Crippen molar-refractivity contribution in [1.82, 2.24) is 9.80 Å². The first-order chi connectivity index (χ1) is 12.2. The van der Waals surface area contributed by atoms with Gasteiger partial charge in [-0.25, -0.2) is 0 Å². The molecule has 0 aliphatic carbocycles. The van der Waals surface area contributed by atoms with Gasteiger partial charge in [0.25, 0.3) is 11.8 Å². The van der Waals surface area contributed by atoms with E-state index in [1.165, 1.54) is 4.90 Å². The van der Waals surface area contributed by atoms with E-state index >= 15 is 0 Å². The Morgan fingerprint density at radius 1 is 1.19 bits per heavy atom. The molecule has 1 aromatic rings. The molecule has 2 aliphatic heterocycles. The van der Waals surface area contributed by atoms with Crippen LogP contribution in [-0.4, -0.2) is 51.7 Å². The summed E-state index contributed by atoms with van der Waals surface area (Å²) in [5, 5.41) is 0. The van der Waals surface area contributed by atoms with Crippen molar-refractivity contribution in [2.24, 2.45) is 0 Å². The van der Waals surface area contributed by atoms with Crippen LogP contribution < -0.4 is 0 Å². The fraction of sp³-hybridized carbons (Fsp3) is 0.474. The summed E-state index contributed by atoms with van der Waals surface area (Å²) in [5.74, 6) is -1.80. The summed E-state index contributed by atoms with van der Waals surface area (Å²) in [5.41, 5.74) is 0.738. The molecular formula is C19H22N2O5. The molecule has 1 atom stereocenters. The summed E-state index contributed by atoms with van der Waals surface area (Å²) in [6.45, 7) is 5.05. The molecule has 26 heavy (non-hydrogen) atoms. The quantitative estimate of drug-likeness (QED) is 0.604. The predicted molar refractivity (Wildman–Crippen MR) is 91.9 cm³/mol. The van der Waals surface area contributed by atoms with E-state index in [0.29, 0.717) is 12.1 Å². The van der Waals surface area contributed by atoms with Gasteiger partial charge in [-0.1, -0.05) is 18.2 Å². The molecule has 0 radical (unpaired) electrons. The Labute approximate surface area is 151 Å².